The molecule has 0 saturated heterocycles. The predicted octanol–water partition coefficient (Wildman–Crippen LogP) is 2.69. The number of carboxylic acid groups (broad SMARTS) is 1. The molecule has 0 radical (unpaired) electrons. The van der Waals surface area contributed by atoms with Crippen LogP contribution in [-0.2, 0) is 4.79 Å². The maximum atomic E-state index is 13.0. The van der Waals surface area contributed by atoms with Crippen LogP contribution >= 0.6 is 0 Å². The third-order valence-corrected chi connectivity index (χ3v) is 3.68. The first-order chi connectivity index (χ1) is 11.5. The van der Waals surface area contributed by atoms with Gasteiger partial charge in [0.1, 0.15) is 5.82 Å². The highest BCUT2D eigenvalue weighted by molar-refractivity contribution is 5.95. The first-order valence-corrected chi connectivity index (χ1v) is 7.79. The molecular formula is C17H20FN3O3. The Balaban J connectivity index is 1.89. The van der Waals surface area contributed by atoms with Crippen LogP contribution in [0.15, 0.2) is 30.5 Å². The molecule has 128 valence electrons. The van der Waals surface area contributed by atoms with Gasteiger partial charge in [-0.25, -0.2) is 9.07 Å². The van der Waals surface area contributed by atoms with E-state index < -0.39 is 5.97 Å². The molecule has 0 aliphatic carbocycles. The average molecular weight is 333 g/mol. The zero-order chi connectivity index (χ0) is 17.5. The summed E-state index contributed by atoms with van der Waals surface area (Å²) in [5, 5.41) is 15.5. The Morgan fingerprint density at radius 2 is 1.92 bits per heavy atom. The van der Waals surface area contributed by atoms with Crippen molar-refractivity contribution < 1.29 is 19.1 Å². The lowest BCUT2D eigenvalue weighted by Crippen LogP contribution is -2.24. The van der Waals surface area contributed by atoms with Gasteiger partial charge in [0.2, 0.25) is 0 Å². The lowest BCUT2D eigenvalue weighted by molar-refractivity contribution is -0.137. The molecule has 0 saturated carbocycles. The normalized spacial score (nSPS) is 10.6. The molecule has 0 spiro atoms. The van der Waals surface area contributed by atoms with Gasteiger partial charge in [0, 0.05) is 13.0 Å². The van der Waals surface area contributed by atoms with Gasteiger partial charge in [-0.15, -0.1) is 0 Å². The van der Waals surface area contributed by atoms with E-state index >= 15 is 0 Å². The number of carbonyl (C=O) groups excluding carboxylic acids is 1. The van der Waals surface area contributed by atoms with E-state index in [-0.39, 0.29) is 18.1 Å². The van der Waals surface area contributed by atoms with Gasteiger partial charge < -0.3 is 10.4 Å². The summed E-state index contributed by atoms with van der Waals surface area (Å²) >= 11 is 0. The number of benzene rings is 1. The molecule has 1 aromatic heterocycles. The van der Waals surface area contributed by atoms with Crippen LogP contribution in [0.1, 0.15) is 41.7 Å². The van der Waals surface area contributed by atoms with Crippen LogP contribution in [0.2, 0.25) is 0 Å². The first-order valence-electron chi connectivity index (χ1n) is 7.79. The smallest absolute Gasteiger partial charge is 0.303 e. The Bertz CT molecular complexity index is 710. The van der Waals surface area contributed by atoms with E-state index in [0.29, 0.717) is 29.9 Å². The van der Waals surface area contributed by atoms with E-state index in [1.54, 1.807) is 23.7 Å². The molecule has 24 heavy (non-hydrogen) atoms. The lowest BCUT2D eigenvalue weighted by atomic mass is 10.2. The molecule has 2 aromatic rings. The molecule has 0 atom stereocenters. The second-order valence-electron chi connectivity index (χ2n) is 5.49. The number of rotatable bonds is 8. The number of carbonyl (C=O) groups is 2. The third-order valence-electron chi connectivity index (χ3n) is 3.68. The van der Waals surface area contributed by atoms with Crippen molar-refractivity contribution in [2.24, 2.45) is 0 Å². The summed E-state index contributed by atoms with van der Waals surface area (Å²) in [5.74, 6) is -1.36. The molecule has 1 heterocycles. The Kier molecular flexibility index (Phi) is 6.06. The second-order valence-corrected chi connectivity index (χ2v) is 5.49. The van der Waals surface area contributed by atoms with Gasteiger partial charge in [0.05, 0.1) is 23.1 Å². The number of nitrogens with zero attached hydrogens (tertiary/aromatic N) is 2. The van der Waals surface area contributed by atoms with Gasteiger partial charge in [0.15, 0.2) is 0 Å². The summed E-state index contributed by atoms with van der Waals surface area (Å²) in [6, 6.07) is 5.87. The summed E-state index contributed by atoms with van der Waals surface area (Å²) in [6.07, 6.45) is 3.72. The number of amides is 1. The van der Waals surface area contributed by atoms with Crippen LogP contribution in [0.5, 0.6) is 0 Å². The molecule has 2 rings (SSSR count). The molecule has 0 bridgehead atoms. The van der Waals surface area contributed by atoms with Crippen molar-refractivity contribution in [3.63, 3.8) is 0 Å². The highest BCUT2D eigenvalue weighted by Gasteiger charge is 2.14. The zero-order valence-electron chi connectivity index (χ0n) is 13.5. The van der Waals surface area contributed by atoms with Crippen LogP contribution in [0.4, 0.5) is 4.39 Å². The summed E-state index contributed by atoms with van der Waals surface area (Å²) in [4.78, 5) is 22.6. The SMILES string of the molecule is Cc1c(C(=O)NCCCCCC(=O)O)cnn1-c1ccc(F)cc1. The van der Waals surface area contributed by atoms with E-state index in [4.69, 9.17) is 5.11 Å². The fourth-order valence-electron chi connectivity index (χ4n) is 2.35. The highest BCUT2D eigenvalue weighted by Crippen LogP contribution is 2.14. The number of aromatic nitrogens is 2. The fourth-order valence-corrected chi connectivity index (χ4v) is 2.35. The standard InChI is InChI=1S/C17H20FN3O3/c1-12-15(17(24)19-10-4-2-3-5-16(22)23)11-20-21(12)14-8-6-13(18)7-9-14/h6-9,11H,2-5,10H2,1H3,(H,19,24)(H,22,23). The minimum Gasteiger partial charge on any atom is -0.481 e. The molecule has 6 nitrogen and oxygen atoms in total. The van der Waals surface area contributed by atoms with Gasteiger partial charge >= 0.3 is 5.97 Å². The molecule has 1 aromatic carbocycles. The van der Waals surface area contributed by atoms with E-state index in [1.807, 2.05) is 0 Å². The van der Waals surface area contributed by atoms with E-state index in [9.17, 15) is 14.0 Å². The Labute approximate surface area is 139 Å². The predicted molar refractivity (Wildman–Crippen MR) is 86.7 cm³/mol. The van der Waals surface area contributed by atoms with Gasteiger partial charge in [-0.05, 0) is 44.0 Å². The van der Waals surface area contributed by atoms with Gasteiger partial charge in [-0.2, -0.15) is 5.10 Å². The number of unbranched alkanes of at least 4 members (excludes halogenated alkanes) is 2. The number of carboxylic acids is 1. The van der Waals surface area contributed by atoms with Crippen molar-refractivity contribution >= 4 is 11.9 Å². The highest BCUT2D eigenvalue weighted by atomic mass is 19.1. The molecule has 2 N–H and O–H groups in total. The Morgan fingerprint density at radius 1 is 1.21 bits per heavy atom. The van der Waals surface area contributed by atoms with Crippen LogP contribution in [0.25, 0.3) is 5.69 Å². The maximum absolute atomic E-state index is 13.0. The molecule has 7 heteroatoms. The van der Waals surface area contributed by atoms with Crippen molar-refractivity contribution in [3.05, 3.63) is 47.5 Å². The number of nitrogens with one attached hydrogen (secondary N) is 1. The fraction of sp³-hybridized carbons (Fsp3) is 0.353. The lowest BCUT2D eigenvalue weighted by Gasteiger charge is -2.06. The van der Waals surface area contributed by atoms with Crippen molar-refractivity contribution in [1.82, 2.24) is 15.1 Å². The zero-order valence-corrected chi connectivity index (χ0v) is 13.5. The molecular weight excluding hydrogens is 313 g/mol. The summed E-state index contributed by atoms with van der Waals surface area (Å²) in [7, 11) is 0. The monoisotopic (exact) mass is 333 g/mol. The van der Waals surface area contributed by atoms with Crippen LogP contribution in [-0.4, -0.2) is 33.3 Å². The van der Waals surface area contributed by atoms with Gasteiger partial charge in [-0.1, -0.05) is 6.42 Å². The van der Waals surface area contributed by atoms with Gasteiger partial charge in [-0.3, -0.25) is 9.59 Å². The second kappa shape index (κ2) is 8.24. The minimum absolute atomic E-state index is 0.150. The first kappa shape index (κ1) is 17.7. The number of halogens is 1. The quantitative estimate of drug-likeness (QED) is 0.728. The van der Waals surface area contributed by atoms with Crippen LogP contribution < -0.4 is 5.32 Å². The van der Waals surface area contributed by atoms with Crippen molar-refractivity contribution in [2.75, 3.05) is 6.54 Å². The topological polar surface area (TPSA) is 84.2 Å². The van der Waals surface area contributed by atoms with Crippen molar-refractivity contribution in [2.45, 2.75) is 32.6 Å². The molecule has 0 aliphatic heterocycles. The van der Waals surface area contributed by atoms with Crippen LogP contribution in [0.3, 0.4) is 0 Å². The Hall–Kier alpha value is -2.70. The summed E-state index contributed by atoms with van der Waals surface area (Å²) < 4.78 is 14.6. The van der Waals surface area contributed by atoms with Crippen molar-refractivity contribution in [1.29, 1.82) is 0 Å². The number of hydrogen-bond acceptors (Lipinski definition) is 3. The molecule has 1 amide bonds. The van der Waals surface area contributed by atoms with E-state index in [2.05, 4.69) is 10.4 Å². The maximum Gasteiger partial charge on any atom is 0.303 e. The molecule has 0 unspecified atom stereocenters. The number of hydrogen-bond donors (Lipinski definition) is 2. The summed E-state index contributed by atoms with van der Waals surface area (Å²) in [5.41, 5.74) is 1.82. The minimum atomic E-state index is -0.803. The molecule has 0 aliphatic rings. The van der Waals surface area contributed by atoms with Gasteiger partial charge in [0.25, 0.3) is 5.91 Å². The summed E-state index contributed by atoms with van der Waals surface area (Å²) in [6.45, 7) is 2.26. The van der Waals surface area contributed by atoms with Crippen molar-refractivity contribution in [3.8, 4) is 5.69 Å². The number of aliphatic carboxylic acids is 1. The van der Waals surface area contributed by atoms with E-state index in [0.717, 1.165) is 12.8 Å². The average Bonchev–Trinajstić information content (AvgIpc) is 2.93. The largest absolute Gasteiger partial charge is 0.481 e. The Morgan fingerprint density at radius 3 is 2.58 bits per heavy atom. The van der Waals surface area contributed by atoms with E-state index in [1.165, 1.54) is 18.3 Å². The molecule has 0 fully saturated rings. The van der Waals surface area contributed by atoms with Crippen LogP contribution in [0, 0.1) is 12.7 Å². The third kappa shape index (κ3) is 4.65.